The van der Waals surface area contributed by atoms with E-state index in [0.29, 0.717) is 16.1 Å². The molecule has 0 spiro atoms. The van der Waals surface area contributed by atoms with Gasteiger partial charge in [-0.25, -0.2) is 19.1 Å². The third kappa shape index (κ3) is 4.57. The van der Waals surface area contributed by atoms with Crippen LogP contribution < -0.4 is 26.5 Å². The highest BCUT2D eigenvalue weighted by atomic mass is 19.4. The number of halogens is 3. The number of hydrogen-bond acceptors (Lipinski definition) is 6. The predicted molar refractivity (Wildman–Crippen MR) is 132 cm³/mol. The van der Waals surface area contributed by atoms with E-state index in [1.807, 2.05) is 0 Å². The number of aromatic nitrogens is 5. The Labute approximate surface area is 211 Å². The molecule has 0 aliphatic rings. The van der Waals surface area contributed by atoms with Crippen LogP contribution in [-0.2, 0) is 6.18 Å². The smallest absolute Gasteiger partial charge is 0.416 e. The second-order valence-corrected chi connectivity index (χ2v) is 8.03. The molecule has 0 fully saturated rings. The Bertz CT molecular complexity index is 1720. The number of rotatable bonds is 4. The molecule has 192 valence electrons. The summed E-state index contributed by atoms with van der Waals surface area (Å²) < 4.78 is 43.1. The summed E-state index contributed by atoms with van der Waals surface area (Å²) in [5.74, 6) is -0.0916. The van der Waals surface area contributed by atoms with Gasteiger partial charge in [-0.05, 0) is 42.5 Å². The van der Waals surface area contributed by atoms with Gasteiger partial charge in [-0.3, -0.25) is 4.79 Å². The second-order valence-electron chi connectivity index (χ2n) is 8.03. The van der Waals surface area contributed by atoms with Crippen molar-refractivity contribution in [3.63, 3.8) is 0 Å². The van der Waals surface area contributed by atoms with Gasteiger partial charge in [-0.1, -0.05) is 4.98 Å². The van der Waals surface area contributed by atoms with Gasteiger partial charge >= 0.3 is 12.2 Å². The van der Waals surface area contributed by atoms with Gasteiger partial charge in [0, 0.05) is 24.1 Å². The van der Waals surface area contributed by atoms with E-state index in [1.165, 1.54) is 58.3 Å². The minimum absolute atomic E-state index is 0.0278. The Balaban J connectivity index is 1.41. The van der Waals surface area contributed by atoms with Crippen LogP contribution in [0.5, 0.6) is 0 Å². The maximum atomic E-state index is 13.3. The Kier molecular flexibility index (Phi) is 5.91. The topological polar surface area (TPSA) is 147 Å². The zero-order chi connectivity index (χ0) is 27.0. The molecule has 5 aromatic rings. The maximum absolute atomic E-state index is 13.3. The highest BCUT2D eigenvalue weighted by Gasteiger charge is 2.31. The number of carbonyl (C=O) groups is 1. The Morgan fingerprint density at radius 2 is 1.82 bits per heavy atom. The molecule has 3 heterocycles. The molecule has 5 rings (SSSR count). The van der Waals surface area contributed by atoms with Crippen LogP contribution in [-0.4, -0.2) is 25.1 Å². The lowest BCUT2D eigenvalue weighted by molar-refractivity contribution is -0.583. The van der Waals surface area contributed by atoms with Crippen molar-refractivity contribution in [2.45, 2.75) is 6.18 Å². The number of alkyl halides is 3. The van der Waals surface area contributed by atoms with Crippen LogP contribution in [0.25, 0.3) is 22.4 Å². The number of urea groups is 1. The molecule has 0 unspecified atom stereocenters. The van der Waals surface area contributed by atoms with Gasteiger partial charge in [-0.2, -0.15) is 13.2 Å². The maximum Gasteiger partial charge on any atom is 0.416 e. The molecule has 0 saturated heterocycles. The van der Waals surface area contributed by atoms with E-state index in [9.17, 15) is 28.0 Å². The number of imidazole rings is 1. The number of nitrogen functional groups attached to an aromatic ring is 1. The Morgan fingerprint density at radius 3 is 2.50 bits per heavy atom. The summed E-state index contributed by atoms with van der Waals surface area (Å²) in [6, 6.07) is 9.59. The molecule has 0 aliphatic carbocycles. The van der Waals surface area contributed by atoms with Gasteiger partial charge in [0.15, 0.2) is 5.39 Å². The van der Waals surface area contributed by atoms with E-state index in [2.05, 4.69) is 20.6 Å². The quantitative estimate of drug-likeness (QED) is 0.243. The predicted octanol–water partition coefficient (Wildman–Crippen LogP) is 3.45. The van der Waals surface area contributed by atoms with Crippen molar-refractivity contribution in [3.8, 4) is 11.4 Å². The highest BCUT2D eigenvalue weighted by Crippen LogP contribution is 2.33. The fraction of sp³-hybridized carbons (Fsp3) is 0.0417. The van der Waals surface area contributed by atoms with Crippen LogP contribution in [0.3, 0.4) is 0 Å². The average Bonchev–Trinajstić information content (AvgIpc) is 3.41. The van der Waals surface area contributed by atoms with Crippen molar-refractivity contribution in [1.82, 2.24) is 19.1 Å². The highest BCUT2D eigenvalue weighted by molar-refractivity contribution is 6.01. The van der Waals surface area contributed by atoms with E-state index in [1.54, 1.807) is 12.1 Å². The van der Waals surface area contributed by atoms with E-state index < -0.39 is 23.2 Å². The van der Waals surface area contributed by atoms with Gasteiger partial charge in [-0.15, -0.1) is 0 Å². The minimum atomic E-state index is -4.61. The summed E-state index contributed by atoms with van der Waals surface area (Å²) in [4.78, 5) is 32.5. The Morgan fingerprint density at radius 1 is 1.05 bits per heavy atom. The number of benzene rings is 2. The summed E-state index contributed by atoms with van der Waals surface area (Å²) >= 11 is 0. The third-order valence-electron chi connectivity index (χ3n) is 5.60. The van der Waals surface area contributed by atoms with Crippen LogP contribution in [0.2, 0.25) is 0 Å². The van der Waals surface area contributed by atoms with Crippen molar-refractivity contribution in [1.29, 1.82) is 0 Å². The molecule has 14 heteroatoms. The van der Waals surface area contributed by atoms with Crippen LogP contribution in [0.4, 0.5) is 35.2 Å². The van der Waals surface area contributed by atoms with Gasteiger partial charge < -0.3 is 26.1 Å². The number of hydrogen-bond donors (Lipinski definition) is 3. The fourth-order valence-corrected chi connectivity index (χ4v) is 3.86. The molecule has 2 aromatic carbocycles. The van der Waals surface area contributed by atoms with E-state index in [0.717, 1.165) is 18.5 Å². The van der Waals surface area contributed by atoms with Crippen molar-refractivity contribution in [3.05, 3.63) is 101 Å². The molecule has 0 atom stereocenters. The molecule has 0 saturated carbocycles. The molecule has 3 aromatic heterocycles. The number of amides is 2. The van der Waals surface area contributed by atoms with Crippen molar-refractivity contribution < 1.29 is 22.7 Å². The first-order valence-electron chi connectivity index (χ1n) is 10.9. The first-order chi connectivity index (χ1) is 18.1. The number of pyridine rings is 1. The summed E-state index contributed by atoms with van der Waals surface area (Å²) in [5.41, 5.74) is 5.34. The molecular formula is C24H17F3N8O3. The molecule has 38 heavy (non-hydrogen) atoms. The molecule has 0 bridgehead atoms. The number of nitrogens with zero attached hydrogens (tertiary/aromatic N) is 5. The number of nitrogens with one attached hydrogen (secondary N) is 2. The summed E-state index contributed by atoms with van der Waals surface area (Å²) in [6.07, 6.45) is 2.11. The summed E-state index contributed by atoms with van der Waals surface area (Å²) in [5, 5.41) is 17.3. The van der Waals surface area contributed by atoms with Gasteiger partial charge in [0.2, 0.25) is 23.2 Å². The molecule has 11 nitrogen and oxygen atoms in total. The molecule has 4 N–H and O–H groups in total. The van der Waals surface area contributed by atoms with Crippen LogP contribution in [0, 0.1) is 5.21 Å². The Hall–Kier alpha value is -5.40. The molecular weight excluding hydrogens is 505 g/mol. The minimum Gasteiger partial charge on any atom is -0.740 e. The van der Waals surface area contributed by atoms with Crippen molar-refractivity contribution in [2.24, 2.45) is 0 Å². The number of nitrogens with two attached hydrogens (primary N) is 1. The zero-order valence-corrected chi connectivity index (χ0v) is 19.2. The SMILES string of the molecule is Nc1nc[n+]([O-])c2c1c(=O)ccn2-c1ccc(NC(=O)Nc2cc(C(F)(F)F)ccc2-n2ccnc2)cc1. The van der Waals surface area contributed by atoms with E-state index in [4.69, 9.17) is 5.73 Å². The number of carbonyl (C=O) groups excluding carboxylic acids is 1. The lowest BCUT2D eigenvalue weighted by Gasteiger charge is -2.16. The lowest BCUT2D eigenvalue weighted by atomic mass is 10.1. The lowest BCUT2D eigenvalue weighted by Crippen LogP contribution is -2.33. The first kappa shape index (κ1) is 24.3. The van der Waals surface area contributed by atoms with Crippen LogP contribution in [0.15, 0.2) is 84.6 Å². The molecule has 0 radical (unpaired) electrons. The zero-order valence-electron chi connectivity index (χ0n) is 19.2. The van der Waals surface area contributed by atoms with E-state index in [-0.39, 0.29) is 28.2 Å². The third-order valence-corrected chi connectivity index (χ3v) is 5.60. The standard InChI is InChI=1S/C24H17F3N8O3/c25-24(26,27)14-1-6-18(33-10-8-29-12-33)17(11-14)32-23(37)31-15-2-4-16(5-3-15)34-9-7-19(36)20-21(28)30-13-35(38)22(20)34/h1-13H,(H2,28,30)(H2,31,32,37). The molecule has 2 amide bonds. The van der Waals surface area contributed by atoms with Gasteiger partial charge in [0.05, 0.1) is 29.5 Å². The van der Waals surface area contributed by atoms with Crippen molar-refractivity contribution >= 4 is 34.3 Å². The fourth-order valence-electron chi connectivity index (χ4n) is 3.86. The normalized spacial score (nSPS) is 11.4. The van der Waals surface area contributed by atoms with Crippen molar-refractivity contribution in [2.75, 3.05) is 16.4 Å². The second kappa shape index (κ2) is 9.24. The van der Waals surface area contributed by atoms with E-state index >= 15 is 0 Å². The largest absolute Gasteiger partial charge is 0.740 e. The summed E-state index contributed by atoms with van der Waals surface area (Å²) in [7, 11) is 0. The van der Waals surface area contributed by atoms with Crippen LogP contribution >= 0.6 is 0 Å². The number of anilines is 3. The van der Waals surface area contributed by atoms with Crippen LogP contribution in [0.1, 0.15) is 5.56 Å². The average molecular weight is 522 g/mol. The number of fused-ring (bicyclic) bond motifs is 1. The molecule has 0 aliphatic heterocycles. The van der Waals surface area contributed by atoms with Gasteiger partial charge in [0.1, 0.15) is 5.69 Å². The first-order valence-corrected chi connectivity index (χ1v) is 10.9. The summed E-state index contributed by atoms with van der Waals surface area (Å²) in [6.45, 7) is 0. The van der Waals surface area contributed by atoms with Gasteiger partial charge in [0.25, 0.3) is 0 Å². The monoisotopic (exact) mass is 522 g/mol.